The largest absolute Gasteiger partial charge is 0.337 e. The van der Waals surface area contributed by atoms with E-state index in [-0.39, 0.29) is 5.91 Å². The monoisotopic (exact) mass is 248 g/mol. The molecule has 2 heterocycles. The zero-order chi connectivity index (χ0) is 13.1. The smallest absolute Gasteiger partial charge is 0.274 e. The molecule has 5 heteroatoms. The molecule has 1 fully saturated rings. The highest BCUT2D eigenvalue weighted by atomic mass is 16.2. The molecular formula is C13H20N4O. The summed E-state index contributed by atoms with van der Waals surface area (Å²) >= 11 is 0. The number of carbonyl (C=O) groups is 1. The number of aromatic nitrogens is 2. The van der Waals surface area contributed by atoms with Gasteiger partial charge in [0.1, 0.15) is 5.69 Å². The lowest BCUT2D eigenvalue weighted by molar-refractivity contribution is 0.0653. The summed E-state index contributed by atoms with van der Waals surface area (Å²) in [5, 5.41) is 0. The first-order valence-corrected chi connectivity index (χ1v) is 6.32. The average Bonchev–Trinajstić information content (AvgIpc) is 2.39. The molecule has 0 aromatic carbocycles. The number of piperidine rings is 1. The number of rotatable bonds is 2. The Morgan fingerprint density at radius 3 is 2.56 bits per heavy atom. The van der Waals surface area contributed by atoms with E-state index >= 15 is 0 Å². The summed E-state index contributed by atoms with van der Waals surface area (Å²) in [5.74, 6) is -0.0305. The molecule has 2 rings (SSSR count). The van der Waals surface area contributed by atoms with Crippen molar-refractivity contribution in [2.45, 2.75) is 25.8 Å². The van der Waals surface area contributed by atoms with Gasteiger partial charge in [0.15, 0.2) is 0 Å². The SMILES string of the molecule is Cc1cnc(C(=O)N(C)C2CCN(C)CC2)cn1. The number of aryl methyl sites for hydroxylation is 1. The Bertz CT molecular complexity index is 410. The van der Waals surface area contributed by atoms with Crippen molar-refractivity contribution in [3.05, 3.63) is 23.8 Å². The minimum absolute atomic E-state index is 0.0305. The lowest BCUT2D eigenvalue weighted by atomic mass is 10.0. The van der Waals surface area contributed by atoms with E-state index in [4.69, 9.17) is 0 Å². The van der Waals surface area contributed by atoms with Crippen LogP contribution in [0.4, 0.5) is 0 Å². The number of hydrogen-bond acceptors (Lipinski definition) is 4. The zero-order valence-electron chi connectivity index (χ0n) is 11.3. The normalized spacial score (nSPS) is 17.7. The first kappa shape index (κ1) is 13.0. The fourth-order valence-electron chi connectivity index (χ4n) is 2.23. The summed E-state index contributed by atoms with van der Waals surface area (Å²) in [6, 6.07) is 0.316. The third-order valence-electron chi connectivity index (χ3n) is 3.56. The summed E-state index contributed by atoms with van der Waals surface area (Å²) in [6.45, 7) is 3.95. The van der Waals surface area contributed by atoms with Crippen molar-refractivity contribution in [3.8, 4) is 0 Å². The molecular weight excluding hydrogens is 228 g/mol. The second-order valence-corrected chi connectivity index (χ2v) is 4.99. The summed E-state index contributed by atoms with van der Waals surface area (Å²) in [6.07, 6.45) is 5.24. The van der Waals surface area contributed by atoms with E-state index in [9.17, 15) is 4.79 Å². The van der Waals surface area contributed by atoms with Crippen LogP contribution in [0.2, 0.25) is 0 Å². The molecule has 0 unspecified atom stereocenters. The molecule has 0 atom stereocenters. The van der Waals surface area contributed by atoms with Crippen molar-refractivity contribution >= 4 is 5.91 Å². The first-order valence-electron chi connectivity index (χ1n) is 6.32. The molecule has 18 heavy (non-hydrogen) atoms. The van der Waals surface area contributed by atoms with Crippen LogP contribution in [0.1, 0.15) is 29.0 Å². The van der Waals surface area contributed by atoms with Gasteiger partial charge in [-0.3, -0.25) is 9.78 Å². The van der Waals surface area contributed by atoms with E-state index in [1.165, 1.54) is 0 Å². The quantitative estimate of drug-likeness (QED) is 0.782. The zero-order valence-corrected chi connectivity index (χ0v) is 11.3. The van der Waals surface area contributed by atoms with Crippen LogP contribution in [0, 0.1) is 6.92 Å². The molecule has 1 aliphatic heterocycles. The standard InChI is InChI=1S/C13H20N4O/c1-10-8-15-12(9-14-10)13(18)17(3)11-4-6-16(2)7-5-11/h8-9,11H,4-7H2,1-3H3. The van der Waals surface area contributed by atoms with Crippen molar-refractivity contribution in [2.75, 3.05) is 27.2 Å². The third-order valence-corrected chi connectivity index (χ3v) is 3.56. The highest BCUT2D eigenvalue weighted by Crippen LogP contribution is 2.15. The number of amides is 1. The van der Waals surface area contributed by atoms with Gasteiger partial charge in [-0.15, -0.1) is 0 Å². The van der Waals surface area contributed by atoms with Gasteiger partial charge in [0.05, 0.1) is 11.9 Å². The fourth-order valence-corrected chi connectivity index (χ4v) is 2.23. The summed E-state index contributed by atoms with van der Waals surface area (Å²) in [5.41, 5.74) is 1.26. The Hall–Kier alpha value is -1.49. The molecule has 98 valence electrons. The van der Waals surface area contributed by atoms with Gasteiger partial charge in [0.2, 0.25) is 0 Å². The molecule has 1 aromatic heterocycles. The lowest BCUT2D eigenvalue weighted by Gasteiger charge is -2.34. The molecule has 0 spiro atoms. The first-order chi connectivity index (χ1) is 8.58. The number of carbonyl (C=O) groups excluding carboxylic acids is 1. The maximum atomic E-state index is 12.2. The minimum Gasteiger partial charge on any atom is -0.337 e. The topological polar surface area (TPSA) is 49.3 Å². The number of hydrogen-bond donors (Lipinski definition) is 0. The molecule has 0 aliphatic carbocycles. The Labute approximate surface area is 108 Å². The van der Waals surface area contributed by atoms with Crippen molar-refractivity contribution in [1.82, 2.24) is 19.8 Å². The highest BCUT2D eigenvalue weighted by molar-refractivity contribution is 5.92. The van der Waals surface area contributed by atoms with E-state index in [0.29, 0.717) is 11.7 Å². The Kier molecular flexibility index (Phi) is 3.91. The molecule has 0 radical (unpaired) electrons. The van der Waals surface area contributed by atoms with E-state index in [2.05, 4.69) is 21.9 Å². The molecule has 1 aliphatic rings. The fraction of sp³-hybridized carbons (Fsp3) is 0.615. The van der Waals surface area contributed by atoms with Crippen LogP contribution in [0.25, 0.3) is 0 Å². The van der Waals surface area contributed by atoms with Gasteiger partial charge in [-0.1, -0.05) is 0 Å². The van der Waals surface area contributed by atoms with Crippen molar-refractivity contribution in [1.29, 1.82) is 0 Å². The highest BCUT2D eigenvalue weighted by Gasteiger charge is 2.25. The van der Waals surface area contributed by atoms with Gasteiger partial charge >= 0.3 is 0 Å². The van der Waals surface area contributed by atoms with Crippen LogP contribution in [0.5, 0.6) is 0 Å². The summed E-state index contributed by atoms with van der Waals surface area (Å²) in [7, 11) is 3.98. The maximum Gasteiger partial charge on any atom is 0.274 e. The number of likely N-dealkylation sites (tertiary alicyclic amines) is 1. The second-order valence-electron chi connectivity index (χ2n) is 4.99. The summed E-state index contributed by atoms with van der Waals surface area (Å²) in [4.78, 5) is 24.6. The van der Waals surface area contributed by atoms with Crippen LogP contribution in [-0.2, 0) is 0 Å². The predicted molar refractivity (Wildman–Crippen MR) is 69.4 cm³/mol. The molecule has 0 bridgehead atoms. The van der Waals surface area contributed by atoms with Crippen LogP contribution < -0.4 is 0 Å². The van der Waals surface area contributed by atoms with Crippen molar-refractivity contribution in [2.24, 2.45) is 0 Å². The van der Waals surface area contributed by atoms with Crippen LogP contribution >= 0.6 is 0 Å². The number of nitrogens with zero attached hydrogens (tertiary/aromatic N) is 4. The summed E-state index contributed by atoms with van der Waals surface area (Å²) < 4.78 is 0. The average molecular weight is 248 g/mol. The van der Waals surface area contributed by atoms with Gasteiger partial charge in [0, 0.05) is 19.3 Å². The molecule has 0 N–H and O–H groups in total. The van der Waals surface area contributed by atoms with Gasteiger partial charge < -0.3 is 9.80 Å². The third kappa shape index (κ3) is 2.85. The van der Waals surface area contributed by atoms with E-state index in [0.717, 1.165) is 31.6 Å². The van der Waals surface area contributed by atoms with Gasteiger partial charge in [-0.25, -0.2) is 4.98 Å². The lowest BCUT2D eigenvalue weighted by Crippen LogP contribution is -2.44. The predicted octanol–water partition coefficient (Wildman–Crippen LogP) is 0.951. The Morgan fingerprint density at radius 1 is 1.33 bits per heavy atom. The Morgan fingerprint density at radius 2 is 2.00 bits per heavy atom. The molecule has 0 saturated carbocycles. The Balaban J connectivity index is 2.02. The van der Waals surface area contributed by atoms with Crippen molar-refractivity contribution < 1.29 is 4.79 Å². The van der Waals surface area contributed by atoms with Crippen molar-refractivity contribution in [3.63, 3.8) is 0 Å². The molecule has 5 nitrogen and oxygen atoms in total. The minimum atomic E-state index is -0.0305. The molecule has 1 saturated heterocycles. The molecule has 1 aromatic rings. The van der Waals surface area contributed by atoms with Gasteiger partial charge in [-0.05, 0) is 39.9 Å². The second kappa shape index (κ2) is 5.44. The van der Waals surface area contributed by atoms with E-state index in [1.54, 1.807) is 12.4 Å². The molecule has 1 amide bonds. The van der Waals surface area contributed by atoms with E-state index in [1.807, 2.05) is 18.9 Å². The van der Waals surface area contributed by atoms with Crippen LogP contribution in [-0.4, -0.2) is 58.9 Å². The van der Waals surface area contributed by atoms with Gasteiger partial charge in [-0.2, -0.15) is 0 Å². The van der Waals surface area contributed by atoms with E-state index < -0.39 is 0 Å². The van der Waals surface area contributed by atoms with Crippen LogP contribution in [0.15, 0.2) is 12.4 Å². The van der Waals surface area contributed by atoms with Crippen LogP contribution in [0.3, 0.4) is 0 Å². The maximum absolute atomic E-state index is 12.2. The van der Waals surface area contributed by atoms with Gasteiger partial charge in [0.25, 0.3) is 5.91 Å².